The van der Waals surface area contributed by atoms with Gasteiger partial charge in [0.1, 0.15) is 0 Å². The Morgan fingerprint density at radius 1 is 1.17 bits per heavy atom. The predicted octanol–water partition coefficient (Wildman–Crippen LogP) is 4.06. The normalized spacial score (nSPS) is 16.7. The zero-order chi connectivity index (χ0) is 16.3. The summed E-state index contributed by atoms with van der Waals surface area (Å²) < 4.78 is 6.40. The molecule has 3 heteroatoms. The van der Waals surface area contributed by atoms with Crippen LogP contribution in [0.3, 0.4) is 0 Å². The minimum atomic E-state index is -0.241. The van der Waals surface area contributed by atoms with Gasteiger partial charge >= 0.3 is 146 Å². The fraction of sp³-hybridized carbons (Fsp3) is 0.450. The van der Waals surface area contributed by atoms with Crippen LogP contribution >= 0.6 is 0 Å². The van der Waals surface area contributed by atoms with Gasteiger partial charge in [-0.3, -0.25) is 0 Å². The van der Waals surface area contributed by atoms with E-state index in [0.29, 0.717) is 27.5 Å². The second kappa shape index (κ2) is 10.5. The predicted molar refractivity (Wildman–Crippen MR) is 97.1 cm³/mol. The molecule has 1 aliphatic carbocycles. The molecule has 0 radical (unpaired) electrons. The van der Waals surface area contributed by atoms with Crippen molar-refractivity contribution in [2.24, 2.45) is 5.92 Å². The van der Waals surface area contributed by atoms with Crippen LogP contribution < -0.4 is 4.46 Å². The Labute approximate surface area is 146 Å². The van der Waals surface area contributed by atoms with Crippen molar-refractivity contribution in [3.05, 3.63) is 54.1 Å². The summed E-state index contributed by atoms with van der Waals surface area (Å²) in [6.07, 6.45) is 12.6. The number of allylic oxidation sites excluding steroid dienone is 3. The first-order valence-electron chi connectivity index (χ1n) is 8.51. The van der Waals surface area contributed by atoms with Crippen LogP contribution in [0.15, 0.2) is 54.1 Å². The van der Waals surface area contributed by atoms with Gasteiger partial charge in [-0.2, -0.15) is 0 Å². The standard InChI is InChI=1S/C20H26O2Se/c1-2-22-20(21)14-13-18(15-17-9-5-3-6-10-17)16-23-19-11-7-4-8-12-19/h4,7-8,11-15,17H,2-3,5-6,9-10,16H2,1H3/b14-13-,18-15-. The second-order valence-corrected chi connectivity index (χ2v) is 8.03. The molecule has 1 aliphatic rings. The van der Waals surface area contributed by atoms with Crippen LogP contribution in [-0.2, 0) is 9.53 Å². The van der Waals surface area contributed by atoms with E-state index in [-0.39, 0.29) is 5.97 Å². The molecule has 0 saturated heterocycles. The fourth-order valence-electron chi connectivity index (χ4n) is 2.80. The molecule has 23 heavy (non-hydrogen) atoms. The number of benzene rings is 1. The molecule has 0 amide bonds. The first-order chi connectivity index (χ1) is 11.3. The fourth-order valence-corrected chi connectivity index (χ4v) is 4.64. The molecule has 0 unspecified atom stereocenters. The summed E-state index contributed by atoms with van der Waals surface area (Å²) in [4.78, 5) is 11.6. The van der Waals surface area contributed by atoms with Gasteiger partial charge in [-0.05, 0) is 0 Å². The van der Waals surface area contributed by atoms with Crippen molar-refractivity contribution >= 4 is 25.4 Å². The molecule has 124 valence electrons. The van der Waals surface area contributed by atoms with Gasteiger partial charge < -0.3 is 0 Å². The quantitative estimate of drug-likeness (QED) is 0.310. The molecule has 2 nitrogen and oxygen atoms in total. The van der Waals surface area contributed by atoms with Crippen molar-refractivity contribution < 1.29 is 9.53 Å². The Bertz CT molecular complexity index is 528. The Balaban J connectivity index is 2.00. The van der Waals surface area contributed by atoms with Gasteiger partial charge in [0.15, 0.2) is 0 Å². The third-order valence-electron chi connectivity index (χ3n) is 3.97. The van der Waals surface area contributed by atoms with Crippen LogP contribution in [0.2, 0.25) is 5.32 Å². The number of esters is 1. The van der Waals surface area contributed by atoms with E-state index in [4.69, 9.17) is 4.74 Å². The van der Waals surface area contributed by atoms with Crippen molar-refractivity contribution in [1.29, 1.82) is 0 Å². The van der Waals surface area contributed by atoms with Crippen molar-refractivity contribution in [3.8, 4) is 0 Å². The average Bonchev–Trinajstić information content (AvgIpc) is 2.59. The topological polar surface area (TPSA) is 26.3 Å². The number of carbonyl (C=O) groups excluding carboxylic acids is 1. The van der Waals surface area contributed by atoms with Crippen molar-refractivity contribution in [1.82, 2.24) is 0 Å². The average molecular weight is 377 g/mol. The molecule has 0 bridgehead atoms. The summed E-state index contributed by atoms with van der Waals surface area (Å²) in [7, 11) is 0. The maximum atomic E-state index is 11.6. The van der Waals surface area contributed by atoms with Crippen LogP contribution in [-0.4, -0.2) is 27.5 Å². The zero-order valence-corrected chi connectivity index (χ0v) is 15.6. The zero-order valence-electron chi connectivity index (χ0n) is 13.9. The minimum absolute atomic E-state index is 0.241. The van der Waals surface area contributed by atoms with E-state index in [0.717, 1.165) is 5.32 Å². The van der Waals surface area contributed by atoms with E-state index in [9.17, 15) is 4.79 Å². The Morgan fingerprint density at radius 2 is 1.91 bits per heavy atom. The summed E-state index contributed by atoms with van der Waals surface area (Å²) in [6.45, 7) is 2.27. The molecule has 2 rings (SSSR count). The van der Waals surface area contributed by atoms with Crippen molar-refractivity contribution in [2.75, 3.05) is 6.61 Å². The molecule has 0 atom stereocenters. The first-order valence-corrected chi connectivity index (χ1v) is 10.6. The molecular formula is C20H26O2Se. The Morgan fingerprint density at radius 3 is 2.61 bits per heavy atom. The van der Waals surface area contributed by atoms with Gasteiger partial charge in [0.25, 0.3) is 0 Å². The van der Waals surface area contributed by atoms with Crippen LogP contribution in [0, 0.1) is 5.92 Å². The van der Waals surface area contributed by atoms with Crippen LogP contribution in [0.1, 0.15) is 39.0 Å². The number of hydrogen-bond donors (Lipinski definition) is 0. The molecule has 0 aliphatic heterocycles. The van der Waals surface area contributed by atoms with E-state index in [2.05, 4.69) is 36.4 Å². The first kappa shape index (κ1) is 18.0. The van der Waals surface area contributed by atoms with E-state index in [1.165, 1.54) is 42.1 Å². The monoisotopic (exact) mass is 378 g/mol. The van der Waals surface area contributed by atoms with Gasteiger partial charge in [0, 0.05) is 0 Å². The van der Waals surface area contributed by atoms with Crippen molar-refractivity contribution in [3.63, 3.8) is 0 Å². The third-order valence-corrected chi connectivity index (χ3v) is 6.24. The molecule has 1 aromatic rings. The summed E-state index contributed by atoms with van der Waals surface area (Å²) in [5.41, 5.74) is 1.29. The SMILES string of the molecule is CCOC(=O)/C=C\C(=C\C1CCCCC1)C[Se]c1ccccc1. The van der Waals surface area contributed by atoms with Crippen LogP contribution in [0.5, 0.6) is 0 Å². The van der Waals surface area contributed by atoms with Gasteiger partial charge in [-0.1, -0.05) is 0 Å². The second-order valence-electron chi connectivity index (χ2n) is 5.83. The third kappa shape index (κ3) is 7.20. The Kier molecular flexibility index (Phi) is 8.20. The number of carbonyl (C=O) groups is 1. The van der Waals surface area contributed by atoms with Gasteiger partial charge in [0.2, 0.25) is 0 Å². The maximum absolute atomic E-state index is 11.6. The van der Waals surface area contributed by atoms with Gasteiger partial charge in [0.05, 0.1) is 0 Å². The number of rotatable bonds is 7. The Hall–Kier alpha value is -1.31. The molecule has 0 aromatic heterocycles. The molecule has 1 aromatic carbocycles. The summed E-state index contributed by atoms with van der Waals surface area (Å²) in [6, 6.07) is 10.6. The molecule has 0 heterocycles. The van der Waals surface area contributed by atoms with E-state index >= 15 is 0 Å². The van der Waals surface area contributed by atoms with E-state index < -0.39 is 0 Å². The summed E-state index contributed by atoms with van der Waals surface area (Å²) >= 11 is 0.404. The van der Waals surface area contributed by atoms with E-state index in [1.54, 1.807) is 6.08 Å². The summed E-state index contributed by atoms with van der Waals surface area (Å²) in [5, 5.41) is 1.03. The molecule has 1 fully saturated rings. The van der Waals surface area contributed by atoms with E-state index in [1.807, 2.05) is 13.0 Å². The number of hydrogen-bond acceptors (Lipinski definition) is 2. The van der Waals surface area contributed by atoms with Gasteiger partial charge in [-0.15, -0.1) is 0 Å². The van der Waals surface area contributed by atoms with Crippen molar-refractivity contribution in [2.45, 2.75) is 44.3 Å². The molecule has 0 N–H and O–H groups in total. The van der Waals surface area contributed by atoms with Gasteiger partial charge in [-0.25, -0.2) is 0 Å². The molecular weight excluding hydrogens is 351 g/mol. The van der Waals surface area contributed by atoms with Crippen LogP contribution in [0.4, 0.5) is 0 Å². The molecule has 1 saturated carbocycles. The summed E-state index contributed by atoms with van der Waals surface area (Å²) in [5.74, 6) is 0.437. The van der Waals surface area contributed by atoms with Crippen LogP contribution in [0.25, 0.3) is 0 Å². The molecule has 0 spiro atoms. The number of ether oxygens (including phenoxy) is 1.